The number of pyridine rings is 1. The van der Waals surface area contributed by atoms with Gasteiger partial charge >= 0.3 is 0 Å². The quantitative estimate of drug-likeness (QED) is 0.850. The van der Waals surface area contributed by atoms with Gasteiger partial charge in [0.05, 0.1) is 18.5 Å². The molecule has 0 radical (unpaired) electrons. The molecule has 0 atom stereocenters. The normalized spacial score (nSPS) is 10.5. The lowest BCUT2D eigenvalue weighted by Crippen LogP contribution is -2.05. The number of halogens is 1. The third kappa shape index (κ3) is 2.36. The Morgan fingerprint density at radius 3 is 2.71 bits per heavy atom. The van der Waals surface area contributed by atoms with Crippen molar-refractivity contribution in [2.24, 2.45) is 0 Å². The number of benzene rings is 1. The van der Waals surface area contributed by atoms with Crippen molar-refractivity contribution in [3.05, 3.63) is 34.6 Å². The molecule has 1 heterocycles. The standard InChI is InChI=1S/C12H12ClNO3/c1-16-10-4-3-9(17-7-6-13)8-2-5-11(15)14-12(8)10/h2-5H,6-7H2,1H3,(H,14,15). The Bertz CT molecular complexity index is 579. The molecule has 0 bridgehead atoms. The van der Waals surface area contributed by atoms with Crippen LogP contribution in [0.4, 0.5) is 0 Å². The van der Waals surface area contributed by atoms with E-state index < -0.39 is 0 Å². The summed E-state index contributed by atoms with van der Waals surface area (Å²) in [6.45, 7) is 0.419. The molecule has 0 saturated heterocycles. The minimum atomic E-state index is -0.176. The molecule has 4 nitrogen and oxygen atoms in total. The molecule has 0 unspecified atom stereocenters. The monoisotopic (exact) mass is 253 g/mol. The van der Waals surface area contributed by atoms with Crippen LogP contribution in [0.15, 0.2) is 29.1 Å². The number of hydrogen-bond donors (Lipinski definition) is 1. The van der Waals surface area contributed by atoms with Crippen LogP contribution in [0, 0.1) is 0 Å². The van der Waals surface area contributed by atoms with Crippen molar-refractivity contribution in [3.8, 4) is 11.5 Å². The van der Waals surface area contributed by atoms with Crippen LogP contribution in [0.1, 0.15) is 0 Å². The molecule has 1 N–H and O–H groups in total. The molecular weight excluding hydrogens is 242 g/mol. The smallest absolute Gasteiger partial charge is 0.248 e. The predicted molar refractivity (Wildman–Crippen MR) is 67.3 cm³/mol. The van der Waals surface area contributed by atoms with E-state index in [1.54, 1.807) is 25.3 Å². The average molecular weight is 254 g/mol. The van der Waals surface area contributed by atoms with Gasteiger partial charge in [-0.3, -0.25) is 4.79 Å². The number of methoxy groups -OCH3 is 1. The van der Waals surface area contributed by atoms with E-state index in [4.69, 9.17) is 21.1 Å². The van der Waals surface area contributed by atoms with E-state index in [1.165, 1.54) is 6.07 Å². The van der Waals surface area contributed by atoms with Crippen molar-refractivity contribution in [2.45, 2.75) is 0 Å². The lowest BCUT2D eigenvalue weighted by molar-refractivity contribution is 0.346. The zero-order chi connectivity index (χ0) is 12.3. The van der Waals surface area contributed by atoms with Gasteiger partial charge in [0.1, 0.15) is 18.1 Å². The number of hydrogen-bond acceptors (Lipinski definition) is 3. The Labute approximate surface area is 103 Å². The SMILES string of the molecule is COc1ccc(OCCCl)c2ccc(=O)[nH]c12. The van der Waals surface area contributed by atoms with E-state index in [0.717, 1.165) is 5.39 Å². The highest BCUT2D eigenvalue weighted by Crippen LogP contribution is 2.30. The second kappa shape index (κ2) is 5.10. The maximum Gasteiger partial charge on any atom is 0.248 e. The molecule has 0 saturated carbocycles. The van der Waals surface area contributed by atoms with E-state index in [-0.39, 0.29) is 5.56 Å². The number of H-pyrrole nitrogens is 1. The van der Waals surface area contributed by atoms with Crippen LogP contribution in [0.3, 0.4) is 0 Å². The first kappa shape index (κ1) is 11.8. The molecule has 2 aromatic rings. The Morgan fingerprint density at radius 2 is 2.00 bits per heavy atom. The maximum atomic E-state index is 11.3. The van der Waals surface area contributed by atoms with E-state index >= 15 is 0 Å². The Balaban J connectivity index is 2.60. The van der Waals surface area contributed by atoms with Crippen LogP contribution < -0.4 is 15.0 Å². The van der Waals surface area contributed by atoms with E-state index in [1.807, 2.05) is 0 Å². The molecule has 1 aromatic heterocycles. The van der Waals surface area contributed by atoms with Gasteiger partial charge in [0.2, 0.25) is 5.56 Å². The molecule has 0 aliphatic rings. The number of rotatable bonds is 4. The third-order valence-corrected chi connectivity index (χ3v) is 2.53. The topological polar surface area (TPSA) is 51.3 Å². The summed E-state index contributed by atoms with van der Waals surface area (Å²) in [6.07, 6.45) is 0. The molecule has 90 valence electrons. The van der Waals surface area contributed by atoms with Gasteiger partial charge in [-0.15, -0.1) is 11.6 Å². The van der Waals surface area contributed by atoms with Crippen molar-refractivity contribution >= 4 is 22.5 Å². The Hall–Kier alpha value is -1.68. The molecule has 17 heavy (non-hydrogen) atoms. The first-order valence-corrected chi connectivity index (χ1v) is 5.68. The largest absolute Gasteiger partial charge is 0.495 e. The highest BCUT2D eigenvalue weighted by molar-refractivity contribution is 6.18. The summed E-state index contributed by atoms with van der Waals surface area (Å²) in [5, 5.41) is 0.800. The fourth-order valence-electron chi connectivity index (χ4n) is 1.64. The minimum absolute atomic E-state index is 0.176. The van der Waals surface area contributed by atoms with E-state index in [9.17, 15) is 4.79 Å². The predicted octanol–water partition coefficient (Wildman–Crippen LogP) is 2.15. The maximum absolute atomic E-state index is 11.3. The van der Waals surface area contributed by atoms with Crippen molar-refractivity contribution in [1.29, 1.82) is 0 Å². The van der Waals surface area contributed by atoms with Crippen LogP contribution in [-0.4, -0.2) is 24.6 Å². The molecule has 0 fully saturated rings. The van der Waals surface area contributed by atoms with Crippen molar-refractivity contribution in [2.75, 3.05) is 19.6 Å². The number of aromatic amines is 1. The van der Waals surface area contributed by atoms with Crippen LogP contribution in [-0.2, 0) is 0 Å². The van der Waals surface area contributed by atoms with E-state index in [0.29, 0.717) is 29.5 Å². The minimum Gasteiger partial charge on any atom is -0.495 e. The fourth-order valence-corrected chi connectivity index (χ4v) is 1.72. The number of alkyl halides is 1. The van der Waals surface area contributed by atoms with Gasteiger partial charge in [0, 0.05) is 11.5 Å². The number of aromatic nitrogens is 1. The van der Waals surface area contributed by atoms with Crippen molar-refractivity contribution in [3.63, 3.8) is 0 Å². The first-order chi connectivity index (χ1) is 8.26. The molecule has 0 aliphatic heterocycles. The summed E-state index contributed by atoms with van der Waals surface area (Å²) in [4.78, 5) is 14.0. The summed E-state index contributed by atoms with van der Waals surface area (Å²) >= 11 is 5.58. The second-order valence-electron chi connectivity index (χ2n) is 3.41. The molecule has 0 amide bonds. The van der Waals surface area contributed by atoms with E-state index in [2.05, 4.69) is 4.98 Å². The van der Waals surface area contributed by atoms with Crippen molar-refractivity contribution < 1.29 is 9.47 Å². The molecule has 5 heteroatoms. The van der Waals surface area contributed by atoms with Crippen LogP contribution >= 0.6 is 11.6 Å². The number of fused-ring (bicyclic) bond motifs is 1. The first-order valence-electron chi connectivity index (χ1n) is 5.15. The molecule has 2 rings (SSSR count). The average Bonchev–Trinajstić information content (AvgIpc) is 2.35. The zero-order valence-electron chi connectivity index (χ0n) is 9.33. The molecule has 1 aromatic carbocycles. The van der Waals surface area contributed by atoms with Crippen molar-refractivity contribution in [1.82, 2.24) is 4.98 Å². The highest BCUT2D eigenvalue weighted by atomic mass is 35.5. The summed E-state index contributed by atoms with van der Waals surface area (Å²) < 4.78 is 10.7. The van der Waals surface area contributed by atoms with Crippen LogP contribution in [0.2, 0.25) is 0 Å². The van der Waals surface area contributed by atoms with Gasteiger partial charge < -0.3 is 14.5 Å². The Kier molecular flexibility index (Phi) is 3.54. The Morgan fingerprint density at radius 1 is 1.24 bits per heavy atom. The lowest BCUT2D eigenvalue weighted by Gasteiger charge is -2.10. The van der Waals surface area contributed by atoms with Gasteiger partial charge in [0.25, 0.3) is 0 Å². The summed E-state index contributed by atoms with van der Waals surface area (Å²) in [5.41, 5.74) is 0.456. The highest BCUT2D eigenvalue weighted by Gasteiger charge is 2.08. The second-order valence-corrected chi connectivity index (χ2v) is 3.79. The zero-order valence-corrected chi connectivity index (χ0v) is 10.1. The summed E-state index contributed by atoms with van der Waals surface area (Å²) in [7, 11) is 1.55. The van der Waals surface area contributed by atoms with Gasteiger partial charge in [-0.1, -0.05) is 0 Å². The molecule has 0 aliphatic carbocycles. The summed E-state index contributed by atoms with van der Waals surface area (Å²) in [5.74, 6) is 1.70. The molecular formula is C12H12ClNO3. The van der Waals surface area contributed by atoms with Gasteiger partial charge in [-0.2, -0.15) is 0 Å². The number of nitrogens with one attached hydrogen (secondary N) is 1. The fraction of sp³-hybridized carbons (Fsp3) is 0.250. The lowest BCUT2D eigenvalue weighted by atomic mass is 10.2. The number of ether oxygens (including phenoxy) is 2. The molecule has 0 spiro atoms. The van der Waals surface area contributed by atoms with Gasteiger partial charge in [0.15, 0.2) is 0 Å². The van der Waals surface area contributed by atoms with Gasteiger partial charge in [-0.25, -0.2) is 0 Å². The third-order valence-electron chi connectivity index (χ3n) is 2.37. The summed E-state index contributed by atoms with van der Waals surface area (Å²) in [6, 6.07) is 6.71. The van der Waals surface area contributed by atoms with Gasteiger partial charge in [-0.05, 0) is 18.2 Å². The van der Waals surface area contributed by atoms with Crippen LogP contribution in [0.5, 0.6) is 11.5 Å². The van der Waals surface area contributed by atoms with Crippen LogP contribution in [0.25, 0.3) is 10.9 Å².